The van der Waals surface area contributed by atoms with E-state index in [4.69, 9.17) is 9.47 Å². The van der Waals surface area contributed by atoms with Crippen molar-refractivity contribution in [3.8, 4) is 11.1 Å². The van der Waals surface area contributed by atoms with Crippen LogP contribution in [0.3, 0.4) is 0 Å². The van der Waals surface area contributed by atoms with Gasteiger partial charge in [-0.1, -0.05) is 84.9 Å². The van der Waals surface area contributed by atoms with E-state index in [-0.39, 0.29) is 6.61 Å². The number of aliphatic hydroxyl groups excluding tert-OH is 1. The molecule has 206 valence electrons. The summed E-state index contributed by atoms with van der Waals surface area (Å²) in [6, 6.07) is 24.3. The number of carbonyl (C=O) groups excluding carboxylic acids is 2. The molecular weight excluding hydrogens is 511 g/mol. The van der Waals surface area contributed by atoms with Crippen molar-refractivity contribution in [1.82, 2.24) is 4.90 Å². The van der Waals surface area contributed by atoms with Crippen LogP contribution in [-0.2, 0) is 20.9 Å². The van der Waals surface area contributed by atoms with E-state index in [2.05, 4.69) is 0 Å². The van der Waals surface area contributed by atoms with Gasteiger partial charge in [-0.2, -0.15) is 13.2 Å². The van der Waals surface area contributed by atoms with E-state index in [0.29, 0.717) is 11.1 Å². The van der Waals surface area contributed by atoms with Gasteiger partial charge >= 0.3 is 12.3 Å². The van der Waals surface area contributed by atoms with Crippen molar-refractivity contribution >= 4 is 12.0 Å². The number of cyclic esters (lactones) is 1. The van der Waals surface area contributed by atoms with E-state index in [1.807, 2.05) is 42.5 Å². The Morgan fingerprint density at radius 3 is 2.08 bits per heavy atom. The Balaban J connectivity index is 1.64. The van der Waals surface area contributed by atoms with Crippen LogP contribution in [0.4, 0.5) is 18.0 Å². The molecule has 1 heterocycles. The number of halogens is 3. The van der Waals surface area contributed by atoms with Gasteiger partial charge in [-0.25, -0.2) is 9.69 Å². The van der Waals surface area contributed by atoms with Gasteiger partial charge in [-0.15, -0.1) is 0 Å². The van der Waals surface area contributed by atoms with Crippen LogP contribution in [0.2, 0.25) is 0 Å². The fraction of sp³-hybridized carbons (Fsp3) is 0.333. The largest absolute Gasteiger partial charge is 0.440 e. The summed E-state index contributed by atoms with van der Waals surface area (Å²) < 4.78 is 51.3. The van der Waals surface area contributed by atoms with Gasteiger partial charge in [0, 0.05) is 0 Å². The smallest absolute Gasteiger partial charge is 0.417 e. The number of hydrogen-bond donors (Lipinski definition) is 1. The molecule has 0 saturated carbocycles. The topological polar surface area (TPSA) is 76.1 Å². The maximum Gasteiger partial charge on any atom is 0.417 e. The molecule has 9 heteroatoms. The molecule has 1 aliphatic rings. The maximum atomic E-state index is 13.9. The number of alkyl halides is 3. The lowest BCUT2D eigenvalue weighted by Crippen LogP contribution is -2.57. The van der Waals surface area contributed by atoms with Crippen molar-refractivity contribution in [3.63, 3.8) is 0 Å². The number of nitrogens with zero attached hydrogens (tertiary/aromatic N) is 1. The Morgan fingerprint density at radius 1 is 0.974 bits per heavy atom. The fourth-order valence-electron chi connectivity index (χ4n) is 4.74. The average Bonchev–Trinajstić information content (AvgIpc) is 3.14. The number of imide groups is 1. The second-order valence-corrected chi connectivity index (χ2v) is 10.3. The molecular formula is C30H30F3NO5. The number of rotatable bonds is 8. The molecule has 4 rings (SSSR count). The van der Waals surface area contributed by atoms with E-state index >= 15 is 0 Å². The molecule has 3 atom stereocenters. The summed E-state index contributed by atoms with van der Waals surface area (Å²) in [5.74, 6) is -1.12. The van der Waals surface area contributed by atoms with Gasteiger partial charge in [-0.05, 0) is 43.0 Å². The van der Waals surface area contributed by atoms with Crippen molar-refractivity contribution in [1.29, 1.82) is 0 Å². The van der Waals surface area contributed by atoms with Crippen LogP contribution in [0.15, 0.2) is 84.9 Å². The minimum absolute atomic E-state index is 0.283. The third-order valence-electron chi connectivity index (χ3n) is 6.88. The molecule has 0 aliphatic carbocycles. The van der Waals surface area contributed by atoms with Gasteiger partial charge in [0.15, 0.2) is 5.60 Å². The molecule has 0 unspecified atom stereocenters. The number of ether oxygens (including phenoxy) is 2. The summed E-state index contributed by atoms with van der Waals surface area (Å²) in [7, 11) is 0. The molecule has 0 radical (unpaired) electrons. The normalized spacial score (nSPS) is 19.3. The van der Waals surface area contributed by atoms with Crippen molar-refractivity contribution < 1.29 is 37.3 Å². The molecule has 1 aliphatic heterocycles. The van der Waals surface area contributed by atoms with Crippen molar-refractivity contribution in [2.24, 2.45) is 0 Å². The molecule has 0 aromatic heterocycles. The average molecular weight is 542 g/mol. The van der Waals surface area contributed by atoms with Crippen LogP contribution in [0.1, 0.15) is 44.4 Å². The Bertz CT molecular complexity index is 1300. The van der Waals surface area contributed by atoms with E-state index in [1.54, 1.807) is 56.3 Å². The Labute approximate surface area is 225 Å². The molecule has 1 N–H and O–H groups in total. The fourth-order valence-corrected chi connectivity index (χ4v) is 4.74. The third kappa shape index (κ3) is 6.15. The van der Waals surface area contributed by atoms with E-state index < -0.39 is 47.9 Å². The highest BCUT2D eigenvalue weighted by Gasteiger charge is 2.58. The predicted octanol–water partition coefficient (Wildman–Crippen LogP) is 6.44. The molecule has 39 heavy (non-hydrogen) atoms. The third-order valence-corrected chi connectivity index (χ3v) is 6.88. The zero-order valence-electron chi connectivity index (χ0n) is 21.8. The first-order valence-corrected chi connectivity index (χ1v) is 12.5. The zero-order chi connectivity index (χ0) is 28.4. The van der Waals surface area contributed by atoms with Crippen molar-refractivity contribution in [3.05, 3.63) is 96.1 Å². The van der Waals surface area contributed by atoms with Crippen LogP contribution < -0.4 is 0 Å². The van der Waals surface area contributed by atoms with Crippen LogP contribution in [0, 0.1) is 0 Å². The van der Waals surface area contributed by atoms with Crippen molar-refractivity contribution in [2.45, 2.75) is 63.3 Å². The second-order valence-electron chi connectivity index (χ2n) is 10.3. The lowest BCUT2D eigenvalue weighted by atomic mass is 9.88. The Kier molecular flexibility index (Phi) is 7.86. The van der Waals surface area contributed by atoms with E-state index in [9.17, 15) is 27.9 Å². The summed E-state index contributed by atoms with van der Waals surface area (Å²) in [6.45, 7) is 4.00. The maximum absolute atomic E-state index is 13.9. The van der Waals surface area contributed by atoms with Gasteiger partial charge in [0.1, 0.15) is 17.7 Å². The van der Waals surface area contributed by atoms with Crippen LogP contribution in [-0.4, -0.2) is 45.5 Å². The monoisotopic (exact) mass is 541 g/mol. The summed E-state index contributed by atoms with van der Waals surface area (Å²) in [6.07, 6.45) is -9.81. The first-order chi connectivity index (χ1) is 18.3. The number of amides is 2. The molecule has 0 spiro atoms. The molecule has 0 bridgehead atoms. The van der Waals surface area contributed by atoms with Crippen LogP contribution in [0.5, 0.6) is 0 Å². The molecule has 6 nitrogen and oxygen atoms in total. The first-order valence-electron chi connectivity index (χ1n) is 12.5. The van der Waals surface area contributed by atoms with Crippen molar-refractivity contribution in [2.75, 3.05) is 0 Å². The summed E-state index contributed by atoms with van der Waals surface area (Å²) in [4.78, 5) is 27.6. The standard InChI is InChI=1S/C30H30F3NO5/c1-28(2)25(23-12-8-5-9-13-23)34(27(37)39-28)26(36)29(3,24(35)18-30(31,32)33)38-19-20-14-16-22(17-15-20)21-10-6-4-7-11-21/h4-17,24-25,35H,18-19H2,1-3H3/t24-,25-,29-/m0/s1. The predicted molar refractivity (Wildman–Crippen MR) is 138 cm³/mol. The quantitative estimate of drug-likeness (QED) is 0.355. The molecule has 3 aromatic carbocycles. The molecule has 3 aromatic rings. The highest BCUT2D eigenvalue weighted by atomic mass is 19.4. The minimum Gasteiger partial charge on any atom is -0.440 e. The zero-order valence-corrected chi connectivity index (χ0v) is 21.8. The van der Waals surface area contributed by atoms with Gasteiger partial charge in [0.05, 0.1) is 13.0 Å². The van der Waals surface area contributed by atoms with E-state index in [1.165, 1.54) is 0 Å². The highest BCUT2D eigenvalue weighted by Crippen LogP contribution is 2.43. The number of hydrogen-bond acceptors (Lipinski definition) is 5. The van der Waals surface area contributed by atoms with Gasteiger partial charge < -0.3 is 14.6 Å². The van der Waals surface area contributed by atoms with Crippen LogP contribution >= 0.6 is 0 Å². The number of benzene rings is 3. The minimum atomic E-state index is -4.79. The molecule has 1 saturated heterocycles. The summed E-state index contributed by atoms with van der Waals surface area (Å²) in [5, 5.41) is 10.7. The van der Waals surface area contributed by atoms with Crippen LogP contribution in [0.25, 0.3) is 11.1 Å². The lowest BCUT2D eigenvalue weighted by Gasteiger charge is -2.38. The summed E-state index contributed by atoms with van der Waals surface area (Å²) >= 11 is 0. The highest BCUT2D eigenvalue weighted by molar-refractivity contribution is 5.99. The SMILES string of the molecule is CC1(C)OC(=O)N(C(=O)[C@@](C)(OCc2ccc(-c3ccccc3)cc2)[C@@H](O)CC(F)(F)F)[C@H]1c1ccccc1. The summed E-state index contributed by atoms with van der Waals surface area (Å²) in [5.41, 5.74) is -0.587. The van der Waals surface area contributed by atoms with Gasteiger partial charge in [-0.3, -0.25) is 4.79 Å². The lowest BCUT2D eigenvalue weighted by molar-refractivity contribution is -0.201. The Hall–Kier alpha value is -3.69. The second kappa shape index (κ2) is 10.8. The van der Waals surface area contributed by atoms with E-state index in [0.717, 1.165) is 23.0 Å². The number of carbonyl (C=O) groups is 2. The van der Waals surface area contributed by atoms with Gasteiger partial charge in [0.25, 0.3) is 5.91 Å². The molecule has 2 amide bonds. The molecule has 1 fully saturated rings. The number of aliphatic hydroxyl groups is 1. The van der Waals surface area contributed by atoms with Gasteiger partial charge in [0.2, 0.25) is 0 Å². The Morgan fingerprint density at radius 2 is 1.51 bits per heavy atom. The first kappa shape index (κ1) is 28.3.